The van der Waals surface area contributed by atoms with Gasteiger partial charge in [-0.25, -0.2) is 0 Å². The van der Waals surface area contributed by atoms with Gasteiger partial charge in [-0.05, 0) is 33.1 Å². The lowest BCUT2D eigenvalue weighted by molar-refractivity contribution is -0.132. The molecule has 5 heteroatoms. The van der Waals surface area contributed by atoms with Crippen LogP contribution in [0.4, 0.5) is 0 Å². The average Bonchev–Trinajstić information content (AvgIpc) is 2.44. The van der Waals surface area contributed by atoms with Gasteiger partial charge in [0.1, 0.15) is 5.75 Å². The summed E-state index contributed by atoms with van der Waals surface area (Å²) in [5.41, 5.74) is 6.54. The molecular weight excluding hydrogens is 254 g/mol. The first-order valence-electron chi connectivity index (χ1n) is 6.84. The van der Waals surface area contributed by atoms with Crippen molar-refractivity contribution in [2.45, 2.75) is 13.0 Å². The molecule has 112 valence electrons. The standard InChI is InChI=1S/C15H25N3O2/c1-17(2)9-6-10-18(3)15(19)12-20-14-8-5-4-7-13(14)11-16/h4-5,7-8H,6,9-12,16H2,1-3H3. The Bertz CT molecular complexity index is 421. The summed E-state index contributed by atoms with van der Waals surface area (Å²) < 4.78 is 5.56. The minimum absolute atomic E-state index is 0.0180. The van der Waals surface area contributed by atoms with Gasteiger partial charge in [0.15, 0.2) is 6.61 Å². The highest BCUT2D eigenvalue weighted by Gasteiger charge is 2.10. The molecule has 20 heavy (non-hydrogen) atoms. The van der Waals surface area contributed by atoms with Gasteiger partial charge in [0, 0.05) is 25.7 Å². The molecule has 0 fully saturated rings. The van der Waals surface area contributed by atoms with Crippen LogP contribution >= 0.6 is 0 Å². The van der Waals surface area contributed by atoms with E-state index in [4.69, 9.17) is 10.5 Å². The first kappa shape index (κ1) is 16.5. The lowest BCUT2D eigenvalue weighted by Gasteiger charge is -2.19. The second-order valence-corrected chi connectivity index (χ2v) is 5.07. The minimum atomic E-state index is -0.0180. The first-order valence-corrected chi connectivity index (χ1v) is 6.84. The van der Waals surface area contributed by atoms with Crippen molar-refractivity contribution in [3.05, 3.63) is 29.8 Å². The highest BCUT2D eigenvalue weighted by Crippen LogP contribution is 2.16. The SMILES string of the molecule is CN(C)CCCN(C)C(=O)COc1ccccc1CN. The van der Waals surface area contributed by atoms with E-state index < -0.39 is 0 Å². The molecule has 0 bridgehead atoms. The Hall–Kier alpha value is -1.59. The van der Waals surface area contributed by atoms with Gasteiger partial charge in [0.25, 0.3) is 5.91 Å². The van der Waals surface area contributed by atoms with Crippen molar-refractivity contribution in [2.24, 2.45) is 5.73 Å². The predicted octanol–water partition coefficient (Wildman–Crippen LogP) is 0.934. The predicted molar refractivity (Wildman–Crippen MR) is 80.6 cm³/mol. The molecule has 0 radical (unpaired) electrons. The summed E-state index contributed by atoms with van der Waals surface area (Å²) in [4.78, 5) is 15.8. The Balaban J connectivity index is 2.38. The Morgan fingerprint density at radius 1 is 1.20 bits per heavy atom. The third kappa shape index (κ3) is 5.59. The molecule has 0 aromatic heterocycles. The molecule has 0 heterocycles. The van der Waals surface area contributed by atoms with Crippen molar-refractivity contribution in [3.8, 4) is 5.75 Å². The maximum Gasteiger partial charge on any atom is 0.260 e. The Kier molecular flexibility index (Phi) is 7.04. The molecule has 0 aliphatic rings. The van der Waals surface area contributed by atoms with E-state index in [1.165, 1.54) is 0 Å². The lowest BCUT2D eigenvalue weighted by atomic mass is 10.2. The number of hydrogen-bond donors (Lipinski definition) is 1. The number of carbonyl (C=O) groups is 1. The number of hydrogen-bond acceptors (Lipinski definition) is 4. The summed E-state index contributed by atoms with van der Waals surface area (Å²) >= 11 is 0. The molecule has 5 nitrogen and oxygen atoms in total. The number of carbonyl (C=O) groups excluding carboxylic acids is 1. The summed E-state index contributed by atoms with van der Waals surface area (Å²) in [6.45, 7) is 2.16. The zero-order chi connectivity index (χ0) is 15.0. The topological polar surface area (TPSA) is 58.8 Å². The van der Waals surface area contributed by atoms with Crippen LogP contribution in [-0.2, 0) is 11.3 Å². The number of likely N-dealkylation sites (N-methyl/N-ethyl adjacent to an activating group) is 1. The van der Waals surface area contributed by atoms with Crippen LogP contribution in [0.15, 0.2) is 24.3 Å². The zero-order valence-electron chi connectivity index (χ0n) is 12.6. The zero-order valence-corrected chi connectivity index (χ0v) is 12.6. The summed E-state index contributed by atoms with van der Waals surface area (Å²) in [6, 6.07) is 7.52. The van der Waals surface area contributed by atoms with E-state index in [1.54, 1.807) is 11.9 Å². The molecule has 0 atom stereocenters. The number of nitrogens with zero attached hydrogens (tertiary/aromatic N) is 2. The van der Waals surface area contributed by atoms with Gasteiger partial charge >= 0.3 is 0 Å². The third-order valence-corrected chi connectivity index (χ3v) is 3.07. The molecule has 0 spiro atoms. The van der Waals surface area contributed by atoms with Crippen LogP contribution < -0.4 is 10.5 Å². The van der Waals surface area contributed by atoms with Crippen molar-refractivity contribution in [3.63, 3.8) is 0 Å². The molecular formula is C15H25N3O2. The highest BCUT2D eigenvalue weighted by molar-refractivity contribution is 5.77. The van der Waals surface area contributed by atoms with E-state index >= 15 is 0 Å². The smallest absolute Gasteiger partial charge is 0.260 e. The van der Waals surface area contributed by atoms with Gasteiger partial charge < -0.3 is 20.3 Å². The van der Waals surface area contributed by atoms with Crippen LogP contribution in [0.3, 0.4) is 0 Å². The Morgan fingerprint density at radius 3 is 2.55 bits per heavy atom. The maximum absolute atomic E-state index is 11.9. The van der Waals surface area contributed by atoms with Gasteiger partial charge in [-0.15, -0.1) is 0 Å². The van der Waals surface area contributed by atoms with Crippen LogP contribution in [0.5, 0.6) is 5.75 Å². The second-order valence-electron chi connectivity index (χ2n) is 5.07. The van der Waals surface area contributed by atoms with Gasteiger partial charge in [0.05, 0.1) is 0 Å². The van der Waals surface area contributed by atoms with Gasteiger partial charge in [-0.2, -0.15) is 0 Å². The minimum Gasteiger partial charge on any atom is -0.483 e. The number of para-hydroxylation sites is 1. The Labute approximate surface area is 121 Å². The normalized spacial score (nSPS) is 10.7. The summed E-state index contributed by atoms with van der Waals surface area (Å²) in [6.07, 6.45) is 0.953. The molecule has 0 saturated carbocycles. The second kappa shape index (κ2) is 8.55. The van der Waals surface area contributed by atoms with Crippen molar-refractivity contribution in [1.82, 2.24) is 9.80 Å². The van der Waals surface area contributed by atoms with E-state index in [0.717, 1.165) is 25.1 Å². The van der Waals surface area contributed by atoms with Crippen LogP contribution in [0.2, 0.25) is 0 Å². The van der Waals surface area contributed by atoms with Crippen LogP contribution in [0, 0.1) is 0 Å². The maximum atomic E-state index is 11.9. The van der Waals surface area contributed by atoms with Gasteiger partial charge in [0.2, 0.25) is 0 Å². The van der Waals surface area contributed by atoms with Crippen LogP contribution in [0.25, 0.3) is 0 Å². The van der Waals surface area contributed by atoms with E-state index in [9.17, 15) is 4.79 Å². The average molecular weight is 279 g/mol. The van der Waals surface area contributed by atoms with Crippen molar-refractivity contribution >= 4 is 5.91 Å². The Morgan fingerprint density at radius 2 is 1.90 bits per heavy atom. The number of benzene rings is 1. The first-order chi connectivity index (χ1) is 9.54. The molecule has 0 unspecified atom stereocenters. The summed E-state index contributed by atoms with van der Waals surface area (Å²) in [5, 5.41) is 0. The van der Waals surface area contributed by atoms with Gasteiger partial charge in [-0.1, -0.05) is 18.2 Å². The number of nitrogens with two attached hydrogens (primary N) is 1. The van der Waals surface area contributed by atoms with Crippen molar-refractivity contribution in [2.75, 3.05) is 40.8 Å². The number of ether oxygens (including phenoxy) is 1. The van der Waals surface area contributed by atoms with E-state index in [0.29, 0.717) is 12.3 Å². The molecule has 0 aliphatic heterocycles. The monoisotopic (exact) mass is 279 g/mol. The quantitative estimate of drug-likeness (QED) is 0.769. The van der Waals surface area contributed by atoms with Crippen molar-refractivity contribution in [1.29, 1.82) is 0 Å². The molecule has 1 aromatic rings. The van der Waals surface area contributed by atoms with E-state index in [1.807, 2.05) is 38.4 Å². The molecule has 1 rings (SSSR count). The van der Waals surface area contributed by atoms with E-state index in [-0.39, 0.29) is 12.5 Å². The van der Waals surface area contributed by atoms with Crippen molar-refractivity contribution < 1.29 is 9.53 Å². The third-order valence-electron chi connectivity index (χ3n) is 3.07. The number of amides is 1. The molecule has 1 aromatic carbocycles. The fraction of sp³-hybridized carbons (Fsp3) is 0.533. The summed E-state index contributed by atoms with van der Waals surface area (Å²) in [5.74, 6) is 0.667. The fourth-order valence-electron chi connectivity index (χ4n) is 1.81. The molecule has 0 aliphatic carbocycles. The van der Waals surface area contributed by atoms with Crippen LogP contribution in [0.1, 0.15) is 12.0 Å². The molecule has 1 amide bonds. The number of rotatable bonds is 8. The summed E-state index contributed by atoms with van der Waals surface area (Å²) in [7, 11) is 5.85. The largest absolute Gasteiger partial charge is 0.483 e. The molecule has 2 N–H and O–H groups in total. The molecule has 0 saturated heterocycles. The lowest BCUT2D eigenvalue weighted by Crippen LogP contribution is -2.33. The fourth-order valence-corrected chi connectivity index (χ4v) is 1.81. The highest BCUT2D eigenvalue weighted by atomic mass is 16.5. The van der Waals surface area contributed by atoms with E-state index in [2.05, 4.69) is 4.90 Å². The van der Waals surface area contributed by atoms with Crippen LogP contribution in [-0.4, -0.2) is 56.5 Å². The van der Waals surface area contributed by atoms with Gasteiger partial charge in [-0.3, -0.25) is 4.79 Å².